The molecule has 4 nitrogen and oxygen atoms in total. The Balaban J connectivity index is 2.11. The lowest BCUT2D eigenvalue weighted by Crippen LogP contribution is -2.05. The van der Waals surface area contributed by atoms with Crippen LogP contribution in [0, 0.1) is 0 Å². The molecular weight excluding hydrogens is 220 g/mol. The fourth-order valence-corrected chi connectivity index (χ4v) is 2.53. The van der Waals surface area contributed by atoms with E-state index in [0.717, 1.165) is 11.6 Å². The summed E-state index contributed by atoms with van der Waals surface area (Å²) in [6.07, 6.45) is 2.45. The summed E-state index contributed by atoms with van der Waals surface area (Å²) >= 11 is 1.66. The lowest BCUT2D eigenvalue weighted by molar-refractivity contribution is 0.808. The van der Waals surface area contributed by atoms with Crippen molar-refractivity contribution in [3.05, 3.63) is 42.2 Å². The monoisotopic (exact) mass is 234 g/mol. The molecule has 0 aliphatic rings. The van der Waals surface area contributed by atoms with Crippen LogP contribution in [0.2, 0.25) is 0 Å². The van der Waals surface area contributed by atoms with Crippen LogP contribution in [0.1, 0.15) is 17.2 Å². The number of rotatable bonds is 5. The van der Waals surface area contributed by atoms with Gasteiger partial charge >= 0.3 is 0 Å². The Morgan fingerprint density at radius 2 is 2.12 bits per heavy atom. The third-order valence-corrected chi connectivity index (χ3v) is 3.46. The Labute approximate surface area is 98.7 Å². The second kappa shape index (κ2) is 5.67. The van der Waals surface area contributed by atoms with E-state index in [1.165, 1.54) is 11.9 Å². The van der Waals surface area contributed by atoms with E-state index in [2.05, 4.69) is 27.3 Å². The summed E-state index contributed by atoms with van der Waals surface area (Å²) in [7, 11) is 0. The van der Waals surface area contributed by atoms with Crippen molar-refractivity contribution < 1.29 is 0 Å². The third kappa shape index (κ3) is 2.84. The maximum absolute atomic E-state index is 5.64. The highest BCUT2D eigenvalue weighted by Crippen LogP contribution is 2.35. The summed E-state index contributed by atoms with van der Waals surface area (Å²) in [6, 6.07) is 10.3. The molecule has 16 heavy (non-hydrogen) atoms. The zero-order valence-corrected chi connectivity index (χ0v) is 9.65. The third-order valence-electron chi connectivity index (χ3n) is 2.25. The number of nitrogens with one attached hydrogen (secondary N) is 1. The van der Waals surface area contributed by atoms with Gasteiger partial charge in [0.05, 0.1) is 0 Å². The smallest absolute Gasteiger partial charge is 0.183 e. The first kappa shape index (κ1) is 11.2. The summed E-state index contributed by atoms with van der Waals surface area (Å²) in [5.41, 5.74) is 6.91. The lowest BCUT2D eigenvalue weighted by atomic mass is 10.1. The molecule has 1 aromatic carbocycles. The van der Waals surface area contributed by atoms with Crippen LogP contribution in [-0.4, -0.2) is 21.7 Å². The number of thioether (sulfide) groups is 1. The summed E-state index contributed by atoms with van der Waals surface area (Å²) in [4.78, 5) is 4.12. The number of benzene rings is 1. The van der Waals surface area contributed by atoms with Gasteiger partial charge in [-0.25, -0.2) is 4.98 Å². The van der Waals surface area contributed by atoms with Crippen molar-refractivity contribution in [2.45, 2.75) is 16.8 Å². The number of aromatic nitrogens is 3. The minimum Gasteiger partial charge on any atom is -0.330 e. The minimum absolute atomic E-state index is 0.333. The standard InChI is InChI=1S/C11H14N4S/c12-7-6-10(9-4-2-1-3-5-9)16-11-13-8-14-15-11/h1-5,8,10H,6-7,12H2,(H,13,14,15). The molecule has 0 saturated heterocycles. The van der Waals surface area contributed by atoms with E-state index >= 15 is 0 Å². The van der Waals surface area contributed by atoms with Crippen LogP contribution in [0.4, 0.5) is 0 Å². The second-order valence-corrected chi connectivity index (χ2v) is 4.58. The molecule has 1 unspecified atom stereocenters. The number of hydrogen-bond acceptors (Lipinski definition) is 4. The predicted octanol–water partition coefficient (Wildman–Crippen LogP) is 1.99. The molecule has 5 heteroatoms. The van der Waals surface area contributed by atoms with Crippen molar-refractivity contribution in [3.63, 3.8) is 0 Å². The highest BCUT2D eigenvalue weighted by atomic mass is 32.2. The Kier molecular flexibility index (Phi) is 3.96. The normalized spacial score (nSPS) is 12.6. The first-order valence-electron chi connectivity index (χ1n) is 5.17. The number of aromatic amines is 1. The van der Waals surface area contributed by atoms with E-state index in [-0.39, 0.29) is 0 Å². The van der Waals surface area contributed by atoms with Crippen LogP contribution in [0.5, 0.6) is 0 Å². The van der Waals surface area contributed by atoms with E-state index < -0.39 is 0 Å². The van der Waals surface area contributed by atoms with Crippen molar-refractivity contribution in [2.75, 3.05) is 6.54 Å². The Morgan fingerprint density at radius 1 is 1.31 bits per heavy atom. The Bertz CT molecular complexity index is 401. The van der Waals surface area contributed by atoms with Crippen molar-refractivity contribution in [3.8, 4) is 0 Å². The molecule has 2 rings (SSSR count). The average molecular weight is 234 g/mol. The van der Waals surface area contributed by atoms with Gasteiger partial charge in [-0.3, -0.25) is 5.10 Å². The van der Waals surface area contributed by atoms with Crippen LogP contribution in [0.15, 0.2) is 41.8 Å². The zero-order chi connectivity index (χ0) is 11.2. The molecule has 1 aromatic heterocycles. The molecule has 3 N–H and O–H groups in total. The van der Waals surface area contributed by atoms with Gasteiger partial charge in [-0.2, -0.15) is 5.10 Å². The van der Waals surface area contributed by atoms with Gasteiger partial charge < -0.3 is 5.73 Å². The molecule has 0 fully saturated rings. The quantitative estimate of drug-likeness (QED) is 0.776. The van der Waals surface area contributed by atoms with Crippen LogP contribution in [0.3, 0.4) is 0 Å². The van der Waals surface area contributed by atoms with Crippen LogP contribution >= 0.6 is 11.8 Å². The van der Waals surface area contributed by atoms with E-state index in [4.69, 9.17) is 5.73 Å². The van der Waals surface area contributed by atoms with Crippen LogP contribution in [0.25, 0.3) is 0 Å². The molecule has 0 spiro atoms. The summed E-state index contributed by atoms with van der Waals surface area (Å²) in [6.45, 7) is 0.667. The average Bonchev–Trinajstić information content (AvgIpc) is 2.83. The number of nitrogens with zero attached hydrogens (tertiary/aromatic N) is 2. The van der Waals surface area contributed by atoms with Gasteiger partial charge in [0.2, 0.25) is 0 Å². The molecule has 2 aromatic rings. The molecule has 0 radical (unpaired) electrons. The number of H-pyrrole nitrogens is 1. The van der Waals surface area contributed by atoms with Crippen molar-refractivity contribution in [2.24, 2.45) is 5.73 Å². The van der Waals surface area contributed by atoms with Gasteiger partial charge in [0, 0.05) is 5.25 Å². The first-order chi connectivity index (χ1) is 7.90. The van der Waals surface area contributed by atoms with Crippen LogP contribution < -0.4 is 5.73 Å². The lowest BCUT2D eigenvalue weighted by Gasteiger charge is -2.13. The molecule has 1 atom stereocenters. The van der Waals surface area contributed by atoms with E-state index in [1.54, 1.807) is 11.8 Å². The van der Waals surface area contributed by atoms with E-state index in [9.17, 15) is 0 Å². The largest absolute Gasteiger partial charge is 0.330 e. The predicted molar refractivity (Wildman–Crippen MR) is 65.1 cm³/mol. The molecule has 0 aliphatic heterocycles. The van der Waals surface area contributed by atoms with Crippen molar-refractivity contribution >= 4 is 11.8 Å². The van der Waals surface area contributed by atoms with Crippen molar-refractivity contribution in [1.82, 2.24) is 15.2 Å². The van der Waals surface area contributed by atoms with Gasteiger partial charge in [0.1, 0.15) is 6.33 Å². The Hall–Kier alpha value is -1.33. The van der Waals surface area contributed by atoms with E-state index in [1.807, 2.05) is 18.2 Å². The first-order valence-corrected chi connectivity index (χ1v) is 6.05. The van der Waals surface area contributed by atoms with Crippen LogP contribution in [-0.2, 0) is 0 Å². The summed E-state index contributed by atoms with van der Waals surface area (Å²) in [5, 5.41) is 7.87. The van der Waals surface area contributed by atoms with Gasteiger partial charge in [-0.15, -0.1) is 0 Å². The minimum atomic E-state index is 0.333. The Morgan fingerprint density at radius 3 is 2.75 bits per heavy atom. The van der Waals surface area contributed by atoms with Gasteiger partial charge in [0.15, 0.2) is 5.16 Å². The molecule has 0 saturated carbocycles. The fraction of sp³-hybridized carbons (Fsp3) is 0.273. The summed E-state index contributed by atoms with van der Waals surface area (Å²) < 4.78 is 0. The molecule has 84 valence electrons. The van der Waals surface area contributed by atoms with Gasteiger partial charge in [-0.05, 0) is 18.5 Å². The highest BCUT2D eigenvalue weighted by molar-refractivity contribution is 7.99. The van der Waals surface area contributed by atoms with Crippen molar-refractivity contribution in [1.29, 1.82) is 0 Å². The highest BCUT2D eigenvalue weighted by Gasteiger charge is 2.13. The SMILES string of the molecule is NCCC(Sc1ncn[nH]1)c1ccccc1. The zero-order valence-electron chi connectivity index (χ0n) is 8.84. The maximum atomic E-state index is 5.64. The number of nitrogens with two attached hydrogens (primary N) is 1. The second-order valence-electron chi connectivity index (χ2n) is 3.39. The topological polar surface area (TPSA) is 67.6 Å². The van der Waals surface area contributed by atoms with E-state index in [0.29, 0.717) is 11.8 Å². The summed E-state index contributed by atoms with van der Waals surface area (Å²) in [5.74, 6) is 0. The maximum Gasteiger partial charge on any atom is 0.183 e. The number of hydrogen-bond donors (Lipinski definition) is 2. The molecule has 0 aliphatic carbocycles. The molecule has 0 amide bonds. The van der Waals surface area contributed by atoms with Gasteiger partial charge in [0.25, 0.3) is 0 Å². The molecular formula is C11H14N4S. The fourth-order valence-electron chi connectivity index (χ4n) is 1.50. The molecule has 0 bridgehead atoms. The molecule has 1 heterocycles. The van der Waals surface area contributed by atoms with Gasteiger partial charge in [-0.1, -0.05) is 42.1 Å².